The molecule has 0 radical (unpaired) electrons. The highest BCUT2D eigenvalue weighted by Gasteiger charge is 2.32. The largest absolute Gasteiger partial charge is 0.416 e. The molecule has 1 atom stereocenters. The lowest BCUT2D eigenvalue weighted by Gasteiger charge is -2.33. The number of aromatic nitrogens is 1. The number of ether oxygens (including phenoxy) is 1. The molecule has 0 spiro atoms. The van der Waals surface area contributed by atoms with E-state index in [1.807, 2.05) is 22.4 Å². The first-order chi connectivity index (χ1) is 10.0. The maximum atomic E-state index is 12.8. The van der Waals surface area contributed by atoms with Gasteiger partial charge in [0.25, 0.3) is 0 Å². The minimum absolute atomic E-state index is 0.116. The highest BCUT2D eigenvalue weighted by molar-refractivity contribution is 7.10. The third-order valence-electron chi connectivity index (χ3n) is 3.32. The van der Waals surface area contributed by atoms with E-state index in [1.165, 1.54) is 6.20 Å². The molecule has 1 fully saturated rings. The second-order valence-electron chi connectivity index (χ2n) is 4.72. The molecule has 3 rings (SSSR count). The molecule has 1 aliphatic rings. The van der Waals surface area contributed by atoms with Gasteiger partial charge in [-0.3, -0.25) is 0 Å². The maximum Gasteiger partial charge on any atom is 0.416 e. The standard InChI is InChI=1S/C14H13F3N2OS/c15-14(16,17)10-3-4-18-13(8-10)19-5-6-20-11(9-19)12-2-1-7-21-12/h1-4,7-8,11H,5-6,9H2. The number of morpholine rings is 1. The molecule has 2 aromatic rings. The molecule has 0 bridgehead atoms. The van der Waals surface area contributed by atoms with E-state index in [2.05, 4.69) is 4.98 Å². The molecule has 3 heterocycles. The second kappa shape index (κ2) is 5.65. The van der Waals surface area contributed by atoms with Crippen molar-refractivity contribution in [1.82, 2.24) is 4.98 Å². The van der Waals surface area contributed by atoms with Crippen molar-refractivity contribution in [3.8, 4) is 0 Å². The van der Waals surface area contributed by atoms with Crippen LogP contribution < -0.4 is 4.90 Å². The van der Waals surface area contributed by atoms with E-state index in [1.54, 1.807) is 11.3 Å². The predicted molar refractivity (Wildman–Crippen MR) is 74.5 cm³/mol. The van der Waals surface area contributed by atoms with Gasteiger partial charge in [0.15, 0.2) is 0 Å². The quantitative estimate of drug-likeness (QED) is 0.844. The minimum atomic E-state index is -4.35. The Kier molecular flexibility index (Phi) is 3.86. The summed E-state index contributed by atoms with van der Waals surface area (Å²) < 4.78 is 44.0. The first-order valence-electron chi connectivity index (χ1n) is 6.47. The zero-order chi connectivity index (χ0) is 14.9. The zero-order valence-corrected chi connectivity index (χ0v) is 11.8. The van der Waals surface area contributed by atoms with Crippen molar-refractivity contribution in [3.05, 3.63) is 46.3 Å². The zero-order valence-electron chi connectivity index (χ0n) is 11.0. The summed E-state index contributed by atoms with van der Waals surface area (Å²) >= 11 is 1.58. The van der Waals surface area contributed by atoms with E-state index in [0.29, 0.717) is 25.5 Å². The lowest BCUT2D eigenvalue weighted by atomic mass is 10.2. The fourth-order valence-corrected chi connectivity index (χ4v) is 3.04. The van der Waals surface area contributed by atoms with Crippen molar-refractivity contribution in [2.45, 2.75) is 12.3 Å². The van der Waals surface area contributed by atoms with E-state index in [-0.39, 0.29) is 6.10 Å². The lowest BCUT2D eigenvalue weighted by Crippen LogP contribution is -2.38. The van der Waals surface area contributed by atoms with Gasteiger partial charge in [-0.1, -0.05) is 6.07 Å². The van der Waals surface area contributed by atoms with Crippen LogP contribution in [-0.4, -0.2) is 24.7 Å². The van der Waals surface area contributed by atoms with Crippen LogP contribution in [0.4, 0.5) is 19.0 Å². The summed E-state index contributed by atoms with van der Waals surface area (Å²) in [6.45, 7) is 1.52. The summed E-state index contributed by atoms with van der Waals surface area (Å²) in [5.41, 5.74) is -0.674. The Balaban J connectivity index is 1.80. The SMILES string of the molecule is FC(F)(F)c1ccnc(N2CCOC(c3cccs3)C2)c1. The number of halogens is 3. The minimum Gasteiger partial charge on any atom is -0.369 e. The van der Waals surface area contributed by atoms with Gasteiger partial charge in [0.05, 0.1) is 18.7 Å². The van der Waals surface area contributed by atoms with Gasteiger partial charge in [0, 0.05) is 17.6 Å². The molecular formula is C14H13F3N2OS. The highest BCUT2D eigenvalue weighted by atomic mass is 32.1. The van der Waals surface area contributed by atoms with Crippen molar-refractivity contribution in [2.75, 3.05) is 24.6 Å². The number of hydrogen-bond donors (Lipinski definition) is 0. The molecule has 7 heteroatoms. The Morgan fingerprint density at radius 2 is 2.19 bits per heavy atom. The molecule has 1 aliphatic heterocycles. The van der Waals surface area contributed by atoms with Gasteiger partial charge < -0.3 is 9.64 Å². The van der Waals surface area contributed by atoms with Crippen molar-refractivity contribution >= 4 is 17.2 Å². The number of thiophene rings is 1. The van der Waals surface area contributed by atoms with Crippen molar-refractivity contribution in [2.24, 2.45) is 0 Å². The van der Waals surface area contributed by atoms with Crippen LogP contribution in [0, 0.1) is 0 Å². The lowest BCUT2D eigenvalue weighted by molar-refractivity contribution is -0.137. The normalized spacial score (nSPS) is 19.8. The van der Waals surface area contributed by atoms with Gasteiger partial charge in [0.2, 0.25) is 0 Å². The van der Waals surface area contributed by atoms with Crippen LogP contribution in [0.5, 0.6) is 0 Å². The van der Waals surface area contributed by atoms with Crippen LogP contribution in [0.1, 0.15) is 16.5 Å². The molecule has 2 aromatic heterocycles. The van der Waals surface area contributed by atoms with E-state index < -0.39 is 11.7 Å². The number of pyridine rings is 1. The topological polar surface area (TPSA) is 25.4 Å². The third kappa shape index (κ3) is 3.19. The summed E-state index contributed by atoms with van der Waals surface area (Å²) in [5.74, 6) is 0.342. The first kappa shape index (κ1) is 14.3. The first-order valence-corrected chi connectivity index (χ1v) is 7.35. The van der Waals surface area contributed by atoms with E-state index in [9.17, 15) is 13.2 Å². The van der Waals surface area contributed by atoms with Gasteiger partial charge in [-0.25, -0.2) is 4.98 Å². The fraction of sp³-hybridized carbons (Fsp3) is 0.357. The summed E-state index contributed by atoms with van der Waals surface area (Å²) in [5, 5.41) is 1.96. The molecule has 21 heavy (non-hydrogen) atoms. The van der Waals surface area contributed by atoms with Gasteiger partial charge in [-0.2, -0.15) is 13.2 Å². The number of nitrogens with zero attached hydrogens (tertiary/aromatic N) is 2. The molecule has 0 aliphatic carbocycles. The van der Waals surface area contributed by atoms with E-state index >= 15 is 0 Å². The fourth-order valence-electron chi connectivity index (χ4n) is 2.27. The molecule has 1 unspecified atom stereocenters. The van der Waals surface area contributed by atoms with Gasteiger partial charge in [-0.05, 0) is 23.6 Å². The Labute approximate surface area is 124 Å². The highest BCUT2D eigenvalue weighted by Crippen LogP contribution is 2.32. The van der Waals surface area contributed by atoms with Crippen molar-refractivity contribution < 1.29 is 17.9 Å². The van der Waals surface area contributed by atoms with Crippen LogP contribution in [0.15, 0.2) is 35.8 Å². The maximum absolute atomic E-state index is 12.8. The summed E-state index contributed by atoms with van der Waals surface area (Å²) in [7, 11) is 0. The molecule has 0 saturated carbocycles. The number of anilines is 1. The Morgan fingerprint density at radius 3 is 2.90 bits per heavy atom. The molecule has 0 N–H and O–H groups in total. The molecule has 3 nitrogen and oxygen atoms in total. The molecule has 112 valence electrons. The summed E-state index contributed by atoms with van der Waals surface area (Å²) in [6, 6.07) is 5.99. The Bertz CT molecular complexity index is 601. The molecular weight excluding hydrogens is 301 g/mol. The Morgan fingerprint density at radius 1 is 1.33 bits per heavy atom. The van der Waals surface area contributed by atoms with Gasteiger partial charge >= 0.3 is 6.18 Å². The third-order valence-corrected chi connectivity index (χ3v) is 4.29. The van der Waals surface area contributed by atoms with Crippen molar-refractivity contribution in [3.63, 3.8) is 0 Å². The second-order valence-corrected chi connectivity index (χ2v) is 5.70. The van der Waals surface area contributed by atoms with E-state index in [0.717, 1.165) is 17.0 Å². The monoisotopic (exact) mass is 314 g/mol. The number of alkyl halides is 3. The average Bonchev–Trinajstić information content (AvgIpc) is 3.01. The molecule has 1 saturated heterocycles. The van der Waals surface area contributed by atoms with Crippen LogP contribution in [0.25, 0.3) is 0 Å². The number of rotatable bonds is 2. The summed E-state index contributed by atoms with van der Waals surface area (Å²) in [4.78, 5) is 6.98. The summed E-state index contributed by atoms with van der Waals surface area (Å²) in [6.07, 6.45) is -3.26. The average molecular weight is 314 g/mol. The van der Waals surface area contributed by atoms with Crippen LogP contribution in [-0.2, 0) is 10.9 Å². The Hall–Kier alpha value is -1.60. The molecule has 0 aromatic carbocycles. The van der Waals surface area contributed by atoms with E-state index in [4.69, 9.17) is 4.74 Å². The smallest absolute Gasteiger partial charge is 0.369 e. The van der Waals surface area contributed by atoms with Crippen LogP contribution in [0.2, 0.25) is 0 Å². The molecule has 0 amide bonds. The van der Waals surface area contributed by atoms with Gasteiger partial charge in [0.1, 0.15) is 11.9 Å². The van der Waals surface area contributed by atoms with Crippen LogP contribution in [0.3, 0.4) is 0 Å². The number of hydrogen-bond acceptors (Lipinski definition) is 4. The predicted octanol–water partition coefficient (Wildman–Crippen LogP) is 3.74. The van der Waals surface area contributed by atoms with Gasteiger partial charge in [-0.15, -0.1) is 11.3 Å². The van der Waals surface area contributed by atoms with Crippen LogP contribution >= 0.6 is 11.3 Å². The van der Waals surface area contributed by atoms with Crippen molar-refractivity contribution in [1.29, 1.82) is 0 Å².